The molecule has 120 valence electrons. The van der Waals surface area contributed by atoms with Gasteiger partial charge in [-0.2, -0.15) is 0 Å². The molecule has 0 spiro atoms. The van der Waals surface area contributed by atoms with Crippen molar-refractivity contribution in [2.45, 2.75) is 12.3 Å². The van der Waals surface area contributed by atoms with Crippen LogP contribution in [-0.2, 0) is 0 Å². The third-order valence-corrected chi connectivity index (χ3v) is 4.26. The average molecular weight is 333 g/mol. The van der Waals surface area contributed by atoms with Gasteiger partial charge in [-0.15, -0.1) is 10.2 Å². The van der Waals surface area contributed by atoms with Crippen LogP contribution in [0.15, 0.2) is 30.3 Å². The van der Waals surface area contributed by atoms with Gasteiger partial charge in [0.2, 0.25) is 0 Å². The Balaban J connectivity index is 1.87. The van der Waals surface area contributed by atoms with Gasteiger partial charge in [-0.05, 0) is 24.1 Å². The molecule has 0 aliphatic carbocycles. The molecular formula is C16H17ClN4O2. The van der Waals surface area contributed by atoms with Gasteiger partial charge in [0.25, 0.3) is 5.91 Å². The van der Waals surface area contributed by atoms with Gasteiger partial charge in [0.1, 0.15) is 5.75 Å². The van der Waals surface area contributed by atoms with E-state index in [1.54, 1.807) is 7.11 Å². The summed E-state index contributed by atoms with van der Waals surface area (Å²) in [5.41, 5.74) is 6.88. The number of nitrogens with two attached hydrogens (primary N) is 1. The first kappa shape index (κ1) is 15.6. The molecule has 23 heavy (non-hydrogen) atoms. The molecule has 6 nitrogen and oxygen atoms in total. The smallest absolute Gasteiger partial charge is 0.252 e. The maximum Gasteiger partial charge on any atom is 0.252 e. The Morgan fingerprint density at radius 2 is 2.17 bits per heavy atom. The molecule has 1 aliphatic heterocycles. The summed E-state index contributed by atoms with van der Waals surface area (Å²) in [7, 11) is 1.67. The number of nitrogens with zero attached hydrogens (tertiary/aromatic N) is 3. The van der Waals surface area contributed by atoms with Crippen molar-refractivity contribution in [2.24, 2.45) is 5.73 Å². The number of primary amides is 1. The highest BCUT2D eigenvalue weighted by atomic mass is 35.5. The van der Waals surface area contributed by atoms with Gasteiger partial charge in [-0.25, -0.2) is 0 Å². The summed E-state index contributed by atoms with van der Waals surface area (Å²) >= 11 is 5.82. The summed E-state index contributed by atoms with van der Waals surface area (Å²) in [5.74, 6) is 1.10. The van der Waals surface area contributed by atoms with Crippen molar-refractivity contribution in [3.05, 3.63) is 46.6 Å². The lowest BCUT2D eigenvalue weighted by molar-refractivity contribution is 0.100. The van der Waals surface area contributed by atoms with Crippen molar-refractivity contribution >= 4 is 23.3 Å². The third kappa shape index (κ3) is 3.07. The van der Waals surface area contributed by atoms with E-state index in [0.29, 0.717) is 17.3 Å². The Morgan fingerprint density at radius 1 is 1.39 bits per heavy atom. The lowest BCUT2D eigenvalue weighted by atomic mass is 9.97. The van der Waals surface area contributed by atoms with Crippen molar-refractivity contribution in [3.8, 4) is 5.75 Å². The highest BCUT2D eigenvalue weighted by Crippen LogP contribution is 2.35. The molecule has 3 rings (SSSR count). The number of amides is 1. The molecule has 2 aromatic rings. The van der Waals surface area contributed by atoms with Gasteiger partial charge in [-0.1, -0.05) is 29.8 Å². The van der Waals surface area contributed by atoms with Gasteiger partial charge in [-0.3, -0.25) is 4.79 Å². The molecule has 1 aromatic carbocycles. The van der Waals surface area contributed by atoms with Crippen LogP contribution >= 0.6 is 11.6 Å². The minimum atomic E-state index is -0.558. The molecule has 7 heteroatoms. The Labute approximate surface area is 139 Å². The lowest BCUT2D eigenvalue weighted by Gasteiger charge is -2.19. The van der Waals surface area contributed by atoms with Crippen molar-refractivity contribution < 1.29 is 9.53 Å². The summed E-state index contributed by atoms with van der Waals surface area (Å²) in [4.78, 5) is 13.6. The highest BCUT2D eigenvalue weighted by Gasteiger charge is 2.29. The topological polar surface area (TPSA) is 81.3 Å². The Morgan fingerprint density at radius 3 is 2.91 bits per heavy atom. The van der Waals surface area contributed by atoms with Crippen LogP contribution in [-0.4, -0.2) is 36.3 Å². The van der Waals surface area contributed by atoms with E-state index >= 15 is 0 Å². The van der Waals surface area contributed by atoms with Crippen LogP contribution in [0.2, 0.25) is 5.15 Å². The molecule has 2 heterocycles. The van der Waals surface area contributed by atoms with Crippen molar-refractivity contribution in [1.82, 2.24) is 10.2 Å². The number of hydrogen-bond donors (Lipinski definition) is 1. The van der Waals surface area contributed by atoms with E-state index in [0.717, 1.165) is 30.8 Å². The van der Waals surface area contributed by atoms with Gasteiger partial charge in [0.15, 0.2) is 11.0 Å². The standard InChI is InChI=1S/C16H17ClN4O2/c1-23-13-5-3-2-4-11(13)10-6-7-21(9-10)16-12(15(18)22)8-14(17)19-20-16/h2-5,8,10H,6-7,9H2,1H3,(H2,18,22). The van der Waals surface area contributed by atoms with E-state index < -0.39 is 5.91 Å². The summed E-state index contributed by atoms with van der Waals surface area (Å²) < 4.78 is 5.44. The quantitative estimate of drug-likeness (QED) is 0.928. The fourth-order valence-electron chi connectivity index (χ4n) is 2.99. The first-order valence-electron chi connectivity index (χ1n) is 7.31. The van der Waals surface area contributed by atoms with E-state index in [2.05, 4.69) is 16.3 Å². The molecule has 0 bridgehead atoms. The second kappa shape index (κ2) is 6.42. The number of ether oxygens (including phenoxy) is 1. The number of para-hydroxylation sites is 1. The summed E-state index contributed by atoms with van der Waals surface area (Å²) in [6.07, 6.45) is 0.933. The van der Waals surface area contributed by atoms with Gasteiger partial charge >= 0.3 is 0 Å². The van der Waals surface area contributed by atoms with Crippen LogP contribution in [0.3, 0.4) is 0 Å². The number of benzene rings is 1. The molecule has 1 unspecified atom stereocenters. The minimum Gasteiger partial charge on any atom is -0.496 e. The molecule has 1 fully saturated rings. The average Bonchev–Trinajstić information content (AvgIpc) is 3.04. The predicted octanol–water partition coefficient (Wildman–Crippen LogP) is 2.23. The Kier molecular flexibility index (Phi) is 4.34. The summed E-state index contributed by atoms with van der Waals surface area (Å²) in [5, 5.41) is 8.06. The zero-order valence-corrected chi connectivity index (χ0v) is 13.5. The molecule has 1 aromatic heterocycles. The van der Waals surface area contributed by atoms with E-state index in [1.807, 2.05) is 23.1 Å². The molecule has 1 saturated heterocycles. The fraction of sp³-hybridized carbons (Fsp3) is 0.312. The van der Waals surface area contributed by atoms with Gasteiger partial charge in [0, 0.05) is 19.0 Å². The molecule has 0 saturated carbocycles. The van der Waals surface area contributed by atoms with Crippen molar-refractivity contribution in [1.29, 1.82) is 0 Å². The van der Waals surface area contributed by atoms with Gasteiger partial charge < -0.3 is 15.4 Å². The molecule has 1 aliphatic rings. The monoisotopic (exact) mass is 332 g/mol. The minimum absolute atomic E-state index is 0.156. The first-order valence-corrected chi connectivity index (χ1v) is 7.69. The van der Waals surface area contributed by atoms with Crippen LogP contribution in [0.4, 0.5) is 5.82 Å². The second-order valence-corrected chi connectivity index (χ2v) is 5.83. The van der Waals surface area contributed by atoms with Crippen LogP contribution in [0, 0.1) is 0 Å². The molecule has 0 radical (unpaired) electrons. The lowest BCUT2D eigenvalue weighted by Crippen LogP contribution is -2.25. The number of carbonyl (C=O) groups is 1. The summed E-state index contributed by atoms with van der Waals surface area (Å²) in [6.45, 7) is 1.48. The van der Waals surface area contributed by atoms with E-state index in [1.165, 1.54) is 6.07 Å². The SMILES string of the molecule is COc1ccccc1C1CCN(c2nnc(Cl)cc2C(N)=O)C1. The van der Waals surface area contributed by atoms with Crippen LogP contribution in [0.25, 0.3) is 0 Å². The van der Waals surface area contributed by atoms with E-state index in [-0.39, 0.29) is 5.15 Å². The van der Waals surface area contributed by atoms with E-state index in [4.69, 9.17) is 22.1 Å². The first-order chi connectivity index (χ1) is 11.1. The highest BCUT2D eigenvalue weighted by molar-refractivity contribution is 6.29. The van der Waals surface area contributed by atoms with Crippen LogP contribution < -0.4 is 15.4 Å². The number of halogens is 1. The number of hydrogen-bond acceptors (Lipinski definition) is 5. The molecule has 1 atom stereocenters. The van der Waals surface area contributed by atoms with Crippen molar-refractivity contribution in [3.63, 3.8) is 0 Å². The molecular weight excluding hydrogens is 316 g/mol. The normalized spacial score (nSPS) is 17.3. The van der Waals surface area contributed by atoms with Crippen LogP contribution in [0.5, 0.6) is 5.75 Å². The summed E-state index contributed by atoms with van der Waals surface area (Å²) in [6, 6.07) is 9.43. The predicted molar refractivity (Wildman–Crippen MR) is 88.1 cm³/mol. The maximum atomic E-state index is 11.6. The second-order valence-electron chi connectivity index (χ2n) is 5.44. The van der Waals surface area contributed by atoms with Gasteiger partial charge in [0.05, 0.1) is 12.7 Å². The number of aromatic nitrogens is 2. The third-order valence-electron chi connectivity index (χ3n) is 4.08. The maximum absolute atomic E-state index is 11.6. The number of methoxy groups -OCH3 is 1. The largest absolute Gasteiger partial charge is 0.496 e. The zero-order chi connectivity index (χ0) is 16.4. The van der Waals surface area contributed by atoms with Crippen LogP contribution in [0.1, 0.15) is 28.3 Å². The van der Waals surface area contributed by atoms with E-state index in [9.17, 15) is 4.79 Å². The van der Waals surface area contributed by atoms with Crippen molar-refractivity contribution in [2.75, 3.05) is 25.1 Å². The zero-order valence-electron chi connectivity index (χ0n) is 12.7. The molecule has 2 N–H and O–H groups in total. The Hall–Kier alpha value is -2.34. The Bertz CT molecular complexity index is 738. The number of rotatable bonds is 4. The fourth-order valence-corrected chi connectivity index (χ4v) is 3.13. The number of anilines is 1. The number of carbonyl (C=O) groups excluding carboxylic acids is 1. The molecule has 1 amide bonds.